The number of primary amides is 1. The molecule has 4 rings (SSSR count). The second-order valence-electron chi connectivity index (χ2n) is 9.21. The van der Waals surface area contributed by atoms with E-state index in [1.165, 1.54) is 0 Å². The van der Waals surface area contributed by atoms with Gasteiger partial charge in [-0.1, -0.05) is 63.2 Å². The molecule has 0 radical (unpaired) electrons. The van der Waals surface area contributed by atoms with Crippen LogP contribution in [-0.2, 0) is 24.2 Å². The normalized spacial score (nSPS) is 11.1. The summed E-state index contributed by atoms with van der Waals surface area (Å²) in [6.45, 7) is 7.98. The van der Waals surface area contributed by atoms with Gasteiger partial charge in [0.05, 0.1) is 28.1 Å². The Morgan fingerprint density at radius 3 is 2.24 bits per heavy atom. The molecule has 2 aromatic heterocycles. The van der Waals surface area contributed by atoms with Crippen molar-refractivity contribution >= 4 is 11.9 Å². The minimum absolute atomic E-state index is 0.177. The second-order valence-corrected chi connectivity index (χ2v) is 9.21. The lowest BCUT2D eigenvalue weighted by atomic mass is 9.88. The molecule has 8 heteroatoms. The summed E-state index contributed by atoms with van der Waals surface area (Å²) in [5.74, 6) is -0.123. The largest absolute Gasteiger partial charge is 0.457 e. The summed E-state index contributed by atoms with van der Waals surface area (Å²) in [5.41, 5.74) is 10.7. The van der Waals surface area contributed by atoms with Crippen LogP contribution in [0.5, 0.6) is 0 Å². The van der Waals surface area contributed by atoms with Gasteiger partial charge in [0, 0.05) is 12.5 Å². The molecule has 4 aromatic rings. The van der Waals surface area contributed by atoms with E-state index in [1.807, 2.05) is 37.3 Å². The third-order valence-electron chi connectivity index (χ3n) is 5.89. The first-order valence-electron chi connectivity index (χ1n) is 12.3. The van der Waals surface area contributed by atoms with E-state index in [4.69, 9.17) is 19.9 Å². The molecule has 0 fully saturated rings. The zero-order valence-corrected chi connectivity index (χ0v) is 21.4. The number of benzene rings is 2. The van der Waals surface area contributed by atoms with E-state index in [-0.39, 0.29) is 18.4 Å². The molecule has 37 heavy (non-hydrogen) atoms. The first-order valence-corrected chi connectivity index (χ1v) is 12.3. The molecule has 0 spiro atoms. The molecule has 2 aromatic carbocycles. The van der Waals surface area contributed by atoms with E-state index < -0.39 is 11.9 Å². The number of carbonyl (C=O) groups excluding carboxylic acids is 2. The Labute approximate surface area is 215 Å². The van der Waals surface area contributed by atoms with Crippen molar-refractivity contribution in [1.82, 2.24) is 15.2 Å². The predicted octanol–water partition coefficient (Wildman–Crippen LogP) is 5.32. The number of hydrogen-bond donors (Lipinski definition) is 1. The standard InChI is InChI=1S/C29H30N4O4/c1-5-22-26(28-33-32-18(4)37-28)24(25(27(30)34)23(31-22)15-17(2)3)20-11-13-21(14-12-20)29(35)36-16-19-9-7-6-8-10-19/h6-14,17H,5,15-16H2,1-4H3,(H2,30,34). The first-order chi connectivity index (χ1) is 17.8. The lowest BCUT2D eigenvalue weighted by Gasteiger charge is -2.19. The van der Waals surface area contributed by atoms with Crippen molar-refractivity contribution in [2.24, 2.45) is 11.7 Å². The van der Waals surface area contributed by atoms with Gasteiger partial charge in [-0.2, -0.15) is 0 Å². The molecule has 2 N–H and O–H groups in total. The SMILES string of the molecule is CCc1nc(CC(C)C)c(C(N)=O)c(-c2ccc(C(=O)OCc3ccccc3)cc2)c1-c1nnc(C)o1. The molecular formula is C29H30N4O4. The summed E-state index contributed by atoms with van der Waals surface area (Å²) in [7, 11) is 0. The molecule has 190 valence electrons. The highest BCUT2D eigenvalue weighted by atomic mass is 16.5. The lowest BCUT2D eigenvalue weighted by Crippen LogP contribution is -2.20. The van der Waals surface area contributed by atoms with Gasteiger partial charge in [-0.15, -0.1) is 10.2 Å². The summed E-state index contributed by atoms with van der Waals surface area (Å²) < 4.78 is 11.2. The monoisotopic (exact) mass is 498 g/mol. The van der Waals surface area contributed by atoms with Crippen molar-refractivity contribution in [3.05, 3.63) is 88.6 Å². The number of pyridine rings is 1. The van der Waals surface area contributed by atoms with Gasteiger partial charge in [0.15, 0.2) is 0 Å². The predicted molar refractivity (Wildman–Crippen MR) is 140 cm³/mol. The Morgan fingerprint density at radius 2 is 1.68 bits per heavy atom. The second kappa shape index (κ2) is 11.2. The number of carbonyl (C=O) groups is 2. The fourth-order valence-electron chi connectivity index (χ4n) is 4.24. The summed E-state index contributed by atoms with van der Waals surface area (Å²) in [5, 5.41) is 8.20. The summed E-state index contributed by atoms with van der Waals surface area (Å²) in [6.07, 6.45) is 1.16. The number of nitrogens with zero attached hydrogens (tertiary/aromatic N) is 3. The molecular weight excluding hydrogens is 468 g/mol. The van der Waals surface area contributed by atoms with Gasteiger partial charge in [-0.05, 0) is 42.0 Å². The fourth-order valence-corrected chi connectivity index (χ4v) is 4.24. The van der Waals surface area contributed by atoms with Gasteiger partial charge in [-0.3, -0.25) is 9.78 Å². The number of aromatic nitrogens is 3. The molecule has 0 bridgehead atoms. The van der Waals surface area contributed by atoms with E-state index >= 15 is 0 Å². The van der Waals surface area contributed by atoms with Crippen molar-refractivity contribution in [2.75, 3.05) is 0 Å². The Kier molecular flexibility index (Phi) is 7.77. The van der Waals surface area contributed by atoms with E-state index in [2.05, 4.69) is 24.0 Å². The molecule has 1 amide bonds. The van der Waals surface area contributed by atoms with Gasteiger partial charge >= 0.3 is 5.97 Å². The highest BCUT2D eigenvalue weighted by Crippen LogP contribution is 2.38. The Hall–Kier alpha value is -4.33. The minimum atomic E-state index is -0.593. The number of hydrogen-bond acceptors (Lipinski definition) is 7. The molecule has 0 saturated heterocycles. The van der Waals surface area contributed by atoms with Crippen LogP contribution in [0.3, 0.4) is 0 Å². The van der Waals surface area contributed by atoms with Gasteiger partial charge in [0.2, 0.25) is 11.8 Å². The van der Waals surface area contributed by atoms with Crippen molar-refractivity contribution in [1.29, 1.82) is 0 Å². The Balaban J connectivity index is 1.80. The highest BCUT2D eigenvalue weighted by Gasteiger charge is 2.27. The molecule has 8 nitrogen and oxygen atoms in total. The quantitative estimate of drug-likeness (QED) is 0.310. The van der Waals surface area contributed by atoms with Crippen LogP contribution in [0.2, 0.25) is 0 Å². The van der Waals surface area contributed by atoms with Crippen molar-refractivity contribution < 1.29 is 18.7 Å². The van der Waals surface area contributed by atoms with E-state index in [0.29, 0.717) is 52.2 Å². The van der Waals surface area contributed by atoms with E-state index in [1.54, 1.807) is 31.2 Å². The topological polar surface area (TPSA) is 121 Å². The number of amides is 1. The minimum Gasteiger partial charge on any atom is -0.457 e. The maximum atomic E-state index is 12.8. The molecule has 2 heterocycles. The van der Waals surface area contributed by atoms with Crippen LogP contribution in [-0.4, -0.2) is 27.1 Å². The zero-order chi connectivity index (χ0) is 26.5. The molecule has 0 saturated carbocycles. The summed E-state index contributed by atoms with van der Waals surface area (Å²) >= 11 is 0. The van der Waals surface area contributed by atoms with Crippen molar-refractivity contribution in [3.8, 4) is 22.6 Å². The van der Waals surface area contributed by atoms with Crippen LogP contribution in [0.1, 0.15) is 64.3 Å². The van der Waals surface area contributed by atoms with E-state index in [0.717, 1.165) is 11.3 Å². The number of esters is 1. The van der Waals surface area contributed by atoms with Crippen LogP contribution >= 0.6 is 0 Å². The molecule has 0 aliphatic rings. The van der Waals surface area contributed by atoms with E-state index in [9.17, 15) is 9.59 Å². The van der Waals surface area contributed by atoms with Crippen LogP contribution in [0.25, 0.3) is 22.6 Å². The van der Waals surface area contributed by atoms with Crippen LogP contribution < -0.4 is 5.73 Å². The highest BCUT2D eigenvalue weighted by molar-refractivity contribution is 6.05. The molecule has 0 aliphatic carbocycles. The van der Waals surface area contributed by atoms with Crippen LogP contribution in [0.4, 0.5) is 0 Å². The smallest absolute Gasteiger partial charge is 0.338 e. The summed E-state index contributed by atoms with van der Waals surface area (Å²) in [4.78, 5) is 30.3. The van der Waals surface area contributed by atoms with Crippen LogP contribution in [0, 0.1) is 12.8 Å². The number of ether oxygens (including phenoxy) is 1. The van der Waals surface area contributed by atoms with Gasteiger partial charge in [-0.25, -0.2) is 4.79 Å². The van der Waals surface area contributed by atoms with Crippen LogP contribution in [0.15, 0.2) is 59.0 Å². The fraction of sp³-hybridized carbons (Fsp3) is 0.276. The molecule has 0 unspecified atom stereocenters. The Morgan fingerprint density at radius 1 is 0.973 bits per heavy atom. The maximum Gasteiger partial charge on any atom is 0.338 e. The summed E-state index contributed by atoms with van der Waals surface area (Å²) in [6, 6.07) is 16.4. The lowest BCUT2D eigenvalue weighted by molar-refractivity contribution is 0.0472. The average Bonchev–Trinajstić information content (AvgIpc) is 3.32. The average molecular weight is 499 g/mol. The number of rotatable bonds is 9. The maximum absolute atomic E-state index is 12.8. The van der Waals surface area contributed by atoms with Crippen molar-refractivity contribution in [2.45, 2.75) is 47.1 Å². The number of nitrogens with two attached hydrogens (primary N) is 1. The number of aryl methyl sites for hydroxylation is 2. The van der Waals surface area contributed by atoms with Gasteiger partial charge in [0.1, 0.15) is 6.61 Å². The van der Waals surface area contributed by atoms with Gasteiger partial charge < -0.3 is 14.9 Å². The van der Waals surface area contributed by atoms with Crippen molar-refractivity contribution in [3.63, 3.8) is 0 Å². The zero-order valence-electron chi connectivity index (χ0n) is 21.4. The molecule has 0 atom stereocenters. The Bertz CT molecular complexity index is 1410. The third kappa shape index (κ3) is 5.74. The first kappa shape index (κ1) is 25.8. The van der Waals surface area contributed by atoms with Gasteiger partial charge in [0.25, 0.3) is 5.91 Å². The third-order valence-corrected chi connectivity index (χ3v) is 5.89. The molecule has 0 aliphatic heterocycles.